The quantitative estimate of drug-likeness (QED) is 0.223. The molecule has 2 atom stereocenters. The second-order valence-corrected chi connectivity index (χ2v) is 10.5. The lowest BCUT2D eigenvalue weighted by Crippen LogP contribution is -2.39. The molecule has 3 aromatic carbocycles. The maximum Gasteiger partial charge on any atom is 0.254 e. The van der Waals surface area contributed by atoms with Crippen LogP contribution in [0.3, 0.4) is 0 Å². The van der Waals surface area contributed by atoms with E-state index in [1.165, 1.54) is 24.5 Å². The van der Waals surface area contributed by atoms with Crippen molar-refractivity contribution in [1.29, 1.82) is 0 Å². The molecule has 1 aliphatic carbocycles. The van der Waals surface area contributed by atoms with Gasteiger partial charge in [0, 0.05) is 22.7 Å². The Bertz CT molecular complexity index is 1690. The summed E-state index contributed by atoms with van der Waals surface area (Å²) in [5.41, 5.74) is 3.30. The number of ether oxygens (including phenoxy) is 1. The van der Waals surface area contributed by atoms with Crippen LogP contribution in [0, 0.1) is 5.82 Å². The number of carbonyl (C=O) groups excluding carboxylic acids is 1. The number of nitrogens with zero attached hydrogens (tertiary/aromatic N) is 4. The molecule has 1 amide bonds. The van der Waals surface area contributed by atoms with Gasteiger partial charge in [-0.2, -0.15) is 5.10 Å². The number of aliphatic hydroxyl groups is 1. The molecule has 5 aromatic rings. The minimum absolute atomic E-state index is 0.0193. The average molecular weight is 575 g/mol. The van der Waals surface area contributed by atoms with Crippen molar-refractivity contribution in [1.82, 2.24) is 30.0 Å². The van der Waals surface area contributed by atoms with Crippen LogP contribution < -0.4 is 10.1 Å². The number of imidazole rings is 1. The summed E-state index contributed by atoms with van der Waals surface area (Å²) in [5, 5.41) is 19.6. The summed E-state index contributed by atoms with van der Waals surface area (Å²) in [5.74, 6) is 0.889. The van der Waals surface area contributed by atoms with Gasteiger partial charge in [0.05, 0.1) is 28.8 Å². The third kappa shape index (κ3) is 5.53. The summed E-state index contributed by atoms with van der Waals surface area (Å²) in [6.07, 6.45) is 4.58. The van der Waals surface area contributed by atoms with E-state index in [2.05, 4.69) is 25.1 Å². The average Bonchev–Trinajstić information content (AvgIpc) is 3.66. The van der Waals surface area contributed by atoms with Crippen molar-refractivity contribution in [3.63, 3.8) is 0 Å². The zero-order valence-electron chi connectivity index (χ0n) is 22.1. The Labute approximate surface area is 240 Å². The van der Waals surface area contributed by atoms with E-state index in [9.17, 15) is 14.3 Å². The number of aromatic amines is 1. The Balaban J connectivity index is 1.40. The fraction of sp³-hybridized carbons (Fsp3) is 0.267. The Kier molecular flexibility index (Phi) is 7.67. The molecule has 1 aliphatic rings. The summed E-state index contributed by atoms with van der Waals surface area (Å²) < 4.78 is 22.5. The number of hydrogen-bond acceptors (Lipinski definition) is 6. The molecule has 41 heavy (non-hydrogen) atoms. The first-order valence-electron chi connectivity index (χ1n) is 13.5. The number of H-pyrrole nitrogens is 1. The van der Waals surface area contributed by atoms with Crippen molar-refractivity contribution >= 4 is 28.5 Å². The van der Waals surface area contributed by atoms with Crippen molar-refractivity contribution in [2.75, 3.05) is 13.2 Å². The number of benzene rings is 3. The van der Waals surface area contributed by atoms with E-state index in [0.717, 1.165) is 47.2 Å². The van der Waals surface area contributed by atoms with Crippen LogP contribution >= 0.6 is 11.6 Å². The number of nitrogens with one attached hydrogen (secondary N) is 2. The molecule has 0 radical (unpaired) electrons. The molecule has 0 spiro atoms. The van der Waals surface area contributed by atoms with E-state index in [4.69, 9.17) is 21.3 Å². The van der Waals surface area contributed by atoms with Gasteiger partial charge >= 0.3 is 0 Å². The summed E-state index contributed by atoms with van der Waals surface area (Å²) >= 11 is 6.03. The van der Waals surface area contributed by atoms with Crippen LogP contribution in [0.15, 0.2) is 67.0 Å². The highest BCUT2D eigenvalue weighted by atomic mass is 35.5. The van der Waals surface area contributed by atoms with Crippen LogP contribution in [0.25, 0.3) is 33.8 Å². The minimum atomic E-state index is -0.610. The predicted molar refractivity (Wildman–Crippen MR) is 153 cm³/mol. The van der Waals surface area contributed by atoms with E-state index < -0.39 is 11.7 Å². The van der Waals surface area contributed by atoms with Gasteiger partial charge in [0.1, 0.15) is 30.3 Å². The number of amides is 1. The molecule has 9 nitrogen and oxygen atoms in total. The summed E-state index contributed by atoms with van der Waals surface area (Å²) in [6, 6.07) is 17.3. The topological polar surface area (TPSA) is 118 Å². The molecule has 3 N–H and O–H groups in total. The number of hydrogen-bond donors (Lipinski definition) is 3. The van der Waals surface area contributed by atoms with Gasteiger partial charge in [-0.15, -0.1) is 0 Å². The fourth-order valence-electron chi connectivity index (χ4n) is 5.54. The molecular formula is C30H28ClFN6O3. The Hall–Kier alpha value is -4.28. The van der Waals surface area contributed by atoms with Crippen molar-refractivity contribution in [2.45, 2.75) is 37.8 Å². The minimum Gasteiger partial charge on any atom is -0.490 e. The molecule has 2 heterocycles. The Morgan fingerprint density at radius 1 is 1.17 bits per heavy atom. The van der Waals surface area contributed by atoms with Crippen LogP contribution in [-0.4, -0.2) is 55.0 Å². The molecule has 1 saturated carbocycles. The van der Waals surface area contributed by atoms with Gasteiger partial charge in [0.25, 0.3) is 5.91 Å². The number of aromatic nitrogens is 5. The first-order chi connectivity index (χ1) is 20.0. The van der Waals surface area contributed by atoms with E-state index in [1.54, 1.807) is 0 Å². The first-order valence-corrected chi connectivity index (χ1v) is 13.9. The van der Waals surface area contributed by atoms with Crippen molar-refractivity contribution in [2.24, 2.45) is 0 Å². The van der Waals surface area contributed by atoms with Crippen molar-refractivity contribution in [3.8, 4) is 28.5 Å². The first kappa shape index (κ1) is 26.9. The molecule has 11 heteroatoms. The number of aliphatic hydroxyl groups excluding tert-OH is 1. The lowest BCUT2D eigenvalue weighted by atomic mass is 9.90. The molecule has 2 aromatic heterocycles. The lowest BCUT2D eigenvalue weighted by Gasteiger charge is -2.32. The zero-order valence-corrected chi connectivity index (χ0v) is 22.8. The Morgan fingerprint density at radius 3 is 2.88 bits per heavy atom. The highest BCUT2D eigenvalue weighted by Gasteiger charge is 2.29. The predicted octanol–water partition coefficient (Wildman–Crippen LogP) is 5.57. The largest absolute Gasteiger partial charge is 0.490 e. The summed E-state index contributed by atoms with van der Waals surface area (Å²) in [6.45, 7) is 0.0486. The number of fused-ring (bicyclic) bond motifs is 1. The van der Waals surface area contributed by atoms with Crippen molar-refractivity contribution in [3.05, 3.63) is 83.4 Å². The summed E-state index contributed by atoms with van der Waals surface area (Å²) in [7, 11) is 0. The van der Waals surface area contributed by atoms with Crippen LogP contribution in [0.1, 0.15) is 42.1 Å². The molecule has 1 fully saturated rings. The van der Waals surface area contributed by atoms with Crippen LogP contribution in [0.5, 0.6) is 5.75 Å². The lowest BCUT2D eigenvalue weighted by molar-refractivity contribution is 0.0917. The van der Waals surface area contributed by atoms with Gasteiger partial charge in [0.2, 0.25) is 0 Å². The van der Waals surface area contributed by atoms with E-state index in [0.29, 0.717) is 23.0 Å². The third-order valence-corrected chi connectivity index (χ3v) is 7.61. The maximum absolute atomic E-state index is 14.4. The highest BCUT2D eigenvalue weighted by Crippen LogP contribution is 2.39. The number of halogens is 2. The Morgan fingerprint density at radius 2 is 2.05 bits per heavy atom. The van der Waals surface area contributed by atoms with E-state index in [-0.39, 0.29) is 30.9 Å². The van der Waals surface area contributed by atoms with Gasteiger partial charge < -0.3 is 19.7 Å². The second kappa shape index (κ2) is 11.7. The fourth-order valence-corrected chi connectivity index (χ4v) is 5.71. The third-order valence-electron chi connectivity index (χ3n) is 7.37. The van der Waals surface area contributed by atoms with E-state index in [1.807, 2.05) is 42.5 Å². The molecule has 0 aliphatic heterocycles. The van der Waals surface area contributed by atoms with Gasteiger partial charge in [-0.05, 0) is 74.2 Å². The van der Waals surface area contributed by atoms with E-state index >= 15 is 0 Å². The van der Waals surface area contributed by atoms with Crippen LogP contribution in [-0.2, 0) is 0 Å². The number of carbonyl (C=O) groups is 1. The normalized spacial score (nSPS) is 17.0. The molecule has 0 bridgehead atoms. The smallest absolute Gasteiger partial charge is 0.254 e. The van der Waals surface area contributed by atoms with Crippen LogP contribution in [0.4, 0.5) is 4.39 Å². The SMILES string of the molecule is O=C(N[C@H]1CCC[C@@H](n2c(-c3ccccc3OCCO)nc3ccc(-c4ncn[nH]4)cc32)C1)c1cc(Cl)ccc1F. The summed E-state index contributed by atoms with van der Waals surface area (Å²) in [4.78, 5) is 22.4. The molecule has 6 rings (SSSR count). The standard InChI is InChI=1S/C30H28ClFN6O3/c31-19-9-10-24(32)23(15-19)30(40)35-20-4-3-5-21(16-20)38-26-14-18(28-33-17-34-37-28)8-11-25(26)36-29(38)22-6-1-2-7-27(22)41-13-12-39/h1-2,6-11,14-15,17,20-21,39H,3-5,12-13,16H2,(H,35,40)(H,33,34,37)/t20-,21+/m0/s1. The molecule has 0 unspecified atom stereocenters. The molecule has 210 valence electrons. The molecular weight excluding hydrogens is 547 g/mol. The van der Waals surface area contributed by atoms with Gasteiger partial charge in [-0.3, -0.25) is 9.89 Å². The molecule has 0 saturated heterocycles. The second-order valence-electron chi connectivity index (χ2n) is 10.0. The maximum atomic E-state index is 14.4. The monoisotopic (exact) mass is 574 g/mol. The highest BCUT2D eigenvalue weighted by molar-refractivity contribution is 6.31. The number of para-hydroxylation sites is 1. The van der Waals surface area contributed by atoms with Crippen LogP contribution in [0.2, 0.25) is 5.02 Å². The van der Waals surface area contributed by atoms with Gasteiger partial charge in [-0.25, -0.2) is 14.4 Å². The number of rotatable bonds is 8. The van der Waals surface area contributed by atoms with Crippen molar-refractivity contribution < 1.29 is 19.0 Å². The van der Waals surface area contributed by atoms with Gasteiger partial charge in [0.15, 0.2) is 5.82 Å². The zero-order chi connectivity index (χ0) is 28.3. The van der Waals surface area contributed by atoms with Gasteiger partial charge in [-0.1, -0.05) is 23.7 Å².